The maximum atomic E-state index is 11.8. The molecular weight excluding hydrogens is 242 g/mol. The number of carbonyl (C=O) groups is 2. The van der Waals surface area contributed by atoms with Crippen LogP contribution < -0.4 is 5.32 Å². The predicted octanol–water partition coefficient (Wildman–Crippen LogP) is 2.40. The minimum absolute atomic E-state index is 0.151. The van der Waals surface area contributed by atoms with Crippen LogP contribution in [-0.4, -0.2) is 23.5 Å². The standard InChI is InChI=1S/C15H19NO3/c1-10(15(18)19)9-16-14(17)13-7-5-12(6-8-13)11-3-2-4-11/h5-8,10-11H,2-4,9H2,1H3,(H,16,17)(H,18,19). The van der Waals surface area contributed by atoms with Crippen molar-refractivity contribution in [2.24, 2.45) is 5.92 Å². The Balaban J connectivity index is 1.90. The van der Waals surface area contributed by atoms with Crippen molar-refractivity contribution in [2.75, 3.05) is 6.54 Å². The van der Waals surface area contributed by atoms with Crippen molar-refractivity contribution < 1.29 is 14.7 Å². The molecule has 102 valence electrons. The molecule has 4 heteroatoms. The van der Waals surface area contributed by atoms with Gasteiger partial charge in [-0.15, -0.1) is 0 Å². The fraction of sp³-hybridized carbons (Fsp3) is 0.467. The van der Waals surface area contributed by atoms with E-state index in [4.69, 9.17) is 5.11 Å². The molecule has 1 aromatic carbocycles. The summed E-state index contributed by atoms with van der Waals surface area (Å²) in [5.74, 6) is -1.03. The van der Waals surface area contributed by atoms with Gasteiger partial charge in [0.1, 0.15) is 0 Å². The van der Waals surface area contributed by atoms with Crippen molar-refractivity contribution >= 4 is 11.9 Å². The average molecular weight is 261 g/mol. The number of carboxylic acids is 1. The first-order valence-corrected chi connectivity index (χ1v) is 6.69. The molecule has 1 aliphatic rings. The lowest BCUT2D eigenvalue weighted by Gasteiger charge is -2.25. The Morgan fingerprint density at radius 1 is 1.32 bits per heavy atom. The van der Waals surface area contributed by atoms with Gasteiger partial charge in [0.2, 0.25) is 0 Å². The third-order valence-corrected chi connectivity index (χ3v) is 3.74. The molecule has 0 radical (unpaired) electrons. The monoisotopic (exact) mass is 261 g/mol. The summed E-state index contributed by atoms with van der Waals surface area (Å²) in [6.45, 7) is 1.72. The van der Waals surface area contributed by atoms with E-state index in [1.807, 2.05) is 24.3 Å². The van der Waals surface area contributed by atoms with Crippen molar-refractivity contribution in [3.05, 3.63) is 35.4 Å². The molecule has 1 fully saturated rings. The summed E-state index contributed by atoms with van der Waals surface area (Å²) < 4.78 is 0. The molecular formula is C15H19NO3. The second-order valence-corrected chi connectivity index (χ2v) is 5.20. The number of amides is 1. The van der Waals surface area contributed by atoms with Gasteiger partial charge >= 0.3 is 5.97 Å². The minimum atomic E-state index is -0.902. The molecule has 0 aromatic heterocycles. The van der Waals surface area contributed by atoms with Crippen LogP contribution in [0.3, 0.4) is 0 Å². The SMILES string of the molecule is CC(CNC(=O)c1ccc(C2CCC2)cc1)C(=O)O. The van der Waals surface area contributed by atoms with Crippen molar-refractivity contribution in [1.29, 1.82) is 0 Å². The van der Waals surface area contributed by atoms with E-state index < -0.39 is 11.9 Å². The summed E-state index contributed by atoms with van der Waals surface area (Å²) in [5.41, 5.74) is 1.88. The quantitative estimate of drug-likeness (QED) is 0.855. The lowest BCUT2D eigenvalue weighted by Crippen LogP contribution is -2.31. The summed E-state index contributed by atoms with van der Waals surface area (Å²) in [6, 6.07) is 7.63. The number of nitrogens with one attached hydrogen (secondary N) is 1. The van der Waals surface area contributed by atoms with Gasteiger partial charge in [0, 0.05) is 12.1 Å². The fourth-order valence-electron chi connectivity index (χ4n) is 2.08. The lowest BCUT2D eigenvalue weighted by atomic mass is 9.80. The molecule has 2 rings (SSSR count). The van der Waals surface area contributed by atoms with Crippen molar-refractivity contribution in [3.63, 3.8) is 0 Å². The fourth-order valence-corrected chi connectivity index (χ4v) is 2.08. The summed E-state index contributed by atoms with van der Waals surface area (Å²) in [6.07, 6.45) is 3.77. The highest BCUT2D eigenvalue weighted by atomic mass is 16.4. The zero-order valence-corrected chi connectivity index (χ0v) is 11.1. The predicted molar refractivity (Wildman–Crippen MR) is 72.2 cm³/mol. The van der Waals surface area contributed by atoms with Crippen LogP contribution in [0.1, 0.15) is 48.0 Å². The Labute approximate surface area is 112 Å². The van der Waals surface area contributed by atoms with E-state index in [1.165, 1.54) is 24.8 Å². The van der Waals surface area contributed by atoms with Crippen LogP contribution in [0, 0.1) is 5.92 Å². The van der Waals surface area contributed by atoms with Crippen molar-refractivity contribution in [1.82, 2.24) is 5.32 Å². The number of rotatable bonds is 5. The van der Waals surface area contributed by atoms with Crippen LogP contribution in [0.15, 0.2) is 24.3 Å². The van der Waals surface area contributed by atoms with Gasteiger partial charge in [0.25, 0.3) is 5.91 Å². The summed E-state index contributed by atoms with van der Waals surface area (Å²) in [4.78, 5) is 22.5. The van der Waals surface area contributed by atoms with Gasteiger partial charge in [-0.25, -0.2) is 0 Å². The van der Waals surface area contributed by atoms with Gasteiger partial charge in [0.15, 0.2) is 0 Å². The highest BCUT2D eigenvalue weighted by Crippen LogP contribution is 2.36. The van der Waals surface area contributed by atoms with E-state index >= 15 is 0 Å². The van der Waals surface area contributed by atoms with E-state index in [0.717, 1.165) is 0 Å². The Kier molecular flexibility index (Phi) is 4.20. The molecule has 1 saturated carbocycles. The third-order valence-electron chi connectivity index (χ3n) is 3.74. The molecule has 19 heavy (non-hydrogen) atoms. The Morgan fingerprint density at radius 3 is 2.42 bits per heavy atom. The molecule has 1 aliphatic carbocycles. The smallest absolute Gasteiger partial charge is 0.308 e. The van der Waals surface area contributed by atoms with Gasteiger partial charge in [-0.05, 0) is 36.5 Å². The Hall–Kier alpha value is -1.84. The van der Waals surface area contributed by atoms with Gasteiger partial charge < -0.3 is 10.4 Å². The molecule has 0 bridgehead atoms. The van der Waals surface area contributed by atoms with E-state index in [1.54, 1.807) is 6.92 Å². The van der Waals surface area contributed by atoms with Crippen LogP contribution in [0.25, 0.3) is 0 Å². The second-order valence-electron chi connectivity index (χ2n) is 5.20. The van der Waals surface area contributed by atoms with Gasteiger partial charge in [-0.2, -0.15) is 0 Å². The first-order chi connectivity index (χ1) is 9.08. The van der Waals surface area contributed by atoms with Crippen LogP contribution >= 0.6 is 0 Å². The molecule has 0 saturated heterocycles. The number of hydrogen-bond acceptors (Lipinski definition) is 2. The molecule has 0 heterocycles. The van der Waals surface area contributed by atoms with Gasteiger partial charge in [0.05, 0.1) is 5.92 Å². The maximum Gasteiger partial charge on any atom is 0.308 e. The first kappa shape index (κ1) is 13.6. The highest BCUT2D eigenvalue weighted by Gasteiger charge is 2.19. The van der Waals surface area contributed by atoms with Crippen molar-refractivity contribution in [3.8, 4) is 0 Å². The van der Waals surface area contributed by atoms with E-state index in [2.05, 4.69) is 5.32 Å². The molecule has 0 aliphatic heterocycles. The topological polar surface area (TPSA) is 66.4 Å². The van der Waals surface area contributed by atoms with E-state index in [9.17, 15) is 9.59 Å². The minimum Gasteiger partial charge on any atom is -0.481 e. The normalized spacial score (nSPS) is 16.5. The van der Waals surface area contributed by atoms with Gasteiger partial charge in [-0.3, -0.25) is 9.59 Å². The summed E-state index contributed by atoms with van der Waals surface area (Å²) in [7, 11) is 0. The van der Waals surface area contributed by atoms with E-state index in [0.29, 0.717) is 11.5 Å². The number of hydrogen-bond donors (Lipinski definition) is 2. The molecule has 1 unspecified atom stereocenters. The molecule has 1 aromatic rings. The number of benzene rings is 1. The second kappa shape index (κ2) is 5.87. The van der Waals surface area contributed by atoms with Gasteiger partial charge in [-0.1, -0.05) is 25.5 Å². The van der Waals surface area contributed by atoms with Crippen LogP contribution in [-0.2, 0) is 4.79 Å². The first-order valence-electron chi connectivity index (χ1n) is 6.69. The largest absolute Gasteiger partial charge is 0.481 e. The highest BCUT2D eigenvalue weighted by molar-refractivity contribution is 5.94. The van der Waals surface area contributed by atoms with Crippen LogP contribution in [0.5, 0.6) is 0 Å². The van der Waals surface area contributed by atoms with Crippen molar-refractivity contribution in [2.45, 2.75) is 32.1 Å². The number of carbonyl (C=O) groups excluding carboxylic acids is 1. The Bertz CT molecular complexity index is 463. The molecule has 1 atom stereocenters. The zero-order chi connectivity index (χ0) is 13.8. The summed E-state index contributed by atoms with van der Waals surface area (Å²) in [5, 5.41) is 11.4. The average Bonchev–Trinajstić information content (AvgIpc) is 2.34. The number of aliphatic carboxylic acids is 1. The van der Waals surface area contributed by atoms with E-state index in [-0.39, 0.29) is 12.5 Å². The van der Waals surface area contributed by atoms with Crippen LogP contribution in [0.4, 0.5) is 0 Å². The molecule has 1 amide bonds. The number of carboxylic acid groups (broad SMARTS) is 1. The zero-order valence-electron chi connectivity index (χ0n) is 11.1. The van der Waals surface area contributed by atoms with Crippen LogP contribution in [0.2, 0.25) is 0 Å². The summed E-state index contributed by atoms with van der Waals surface area (Å²) >= 11 is 0. The maximum absolute atomic E-state index is 11.8. The molecule has 0 spiro atoms. The molecule has 4 nitrogen and oxygen atoms in total. The molecule has 2 N–H and O–H groups in total. The Morgan fingerprint density at radius 2 is 1.95 bits per heavy atom. The third kappa shape index (κ3) is 3.34. The lowest BCUT2D eigenvalue weighted by molar-refractivity contribution is -0.140.